The molecule has 0 atom stereocenters. The fraction of sp³-hybridized carbons (Fsp3) is 0.385. The van der Waals surface area contributed by atoms with Gasteiger partial charge in [-0.3, -0.25) is 0 Å². The van der Waals surface area contributed by atoms with Gasteiger partial charge in [0, 0.05) is 23.6 Å². The van der Waals surface area contributed by atoms with E-state index >= 15 is 0 Å². The Morgan fingerprint density at radius 3 is 2.11 bits per heavy atom. The SMILES string of the molecule is CC1(C)Oc2cc3c(O)cc4c(c3cc2S1)-c1ccccc1C4(CCC(F)(F)F)CCC(F)(F)F. The lowest BCUT2D eigenvalue weighted by atomic mass is 9.71. The third-order valence-corrected chi connectivity index (χ3v) is 7.90. The van der Waals surface area contributed by atoms with Gasteiger partial charge in [-0.05, 0) is 72.5 Å². The summed E-state index contributed by atoms with van der Waals surface area (Å²) in [5.41, 5.74) is 0.371. The highest BCUT2D eigenvalue weighted by atomic mass is 32.2. The Morgan fingerprint density at radius 2 is 1.49 bits per heavy atom. The average molecular weight is 513 g/mol. The number of ether oxygens (including phenoxy) is 1. The van der Waals surface area contributed by atoms with E-state index in [0.29, 0.717) is 38.8 Å². The van der Waals surface area contributed by atoms with E-state index in [1.807, 2.05) is 19.9 Å². The number of rotatable bonds is 4. The number of aromatic hydroxyl groups is 1. The van der Waals surface area contributed by atoms with Gasteiger partial charge in [0.15, 0.2) is 4.93 Å². The molecule has 1 N–H and O–H groups in total. The molecule has 2 aliphatic rings. The van der Waals surface area contributed by atoms with Crippen LogP contribution in [0.4, 0.5) is 26.3 Å². The summed E-state index contributed by atoms with van der Waals surface area (Å²) in [6.07, 6.45) is -12.6. The molecule has 186 valence electrons. The Labute approximate surface area is 202 Å². The van der Waals surface area contributed by atoms with Crippen LogP contribution >= 0.6 is 11.8 Å². The van der Waals surface area contributed by atoms with E-state index in [9.17, 15) is 31.4 Å². The predicted octanol–water partition coefficient (Wildman–Crippen LogP) is 8.72. The van der Waals surface area contributed by atoms with Crippen LogP contribution in [0.3, 0.4) is 0 Å². The average Bonchev–Trinajstić information content (AvgIpc) is 3.19. The molecule has 0 fully saturated rings. The summed E-state index contributed by atoms with van der Waals surface area (Å²) in [6.45, 7) is 3.78. The van der Waals surface area contributed by atoms with Gasteiger partial charge in [0.1, 0.15) is 11.5 Å². The number of thioether (sulfide) groups is 1. The number of benzene rings is 3. The third kappa shape index (κ3) is 4.21. The van der Waals surface area contributed by atoms with Gasteiger partial charge in [-0.1, -0.05) is 36.0 Å². The summed E-state index contributed by atoms with van der Waals surface area (Å²) in [4.78, 5) is 0.260. The van der Waals surface area contributed by atoms with E-state index in [-0.39, 0.29) is 5.75 Å². The molecule has 3 aromatic carbocycles. The molecular weight excluding hydrogens is 490 g/mol. The van der Waals surface area contributed by atoms with Crippen molar-refractivity contribution in [1.82, 2.24) is 0 Å². The Balaban J connectivity index is 1.79. The van der Waals surface area contributed by atoms with Gasteiger partial charge in [-0.25, -0.2) is 0 Å². The molecule has 0 saturated carbocycles. The van der Waals surface area contributed by atoms with E-state index in [4.69, 9.17) is 4.74 Å². The molecule has 35 heavy (non-hydrogen) atoms. The first-order valence-electron chi connectivity index (χ1n) is 11.1. The van der Waals surface area contributed by atoms with Crippen LogP contribution in [0.15, 0.2) is 47.4 Å². The van der Waals surface area contributed by atoms with E-state index in [2.05, 4.69) is 0 Å². The zero-order valence-corrected chi connectivity index (χ0v) is 19.7. The lowest BCUT2D eigenvalue weighted by Crippen LogP contribution is -2.29. The minimum absolute atomic E-state index is 0.198. The maximum absolute atomic E-state index is 13.4. The van der Waals surface area contributed by atoms with Crippen molar-refractivity contribution in [2.45, 2.75) is 67.1 Å². The standard InChI is InChI=1S/C26H22F6O2S/c1-23(2)34-20-11-15-16(12-21(20)35-23)22-14-5-3-4-6-17(14)24(7-9-25(27,28)29,8-10-26(30,31)32)18(22)13-19(15)33/h3-6,11-13,33H,7-10H2,1-2H3. The van der Waals surface area contributed by atoms with Crippen molar-refractivity contribution < 1.29 is 36.2 Å². The molecule has 1 aliphatic heterocycles. The highest BCUT2D eigenvalue weighted by molar-refractivity contribution is 8.00. The van der Waals surface area contributed by atoms with Crippen molar-refractivity contribution in [3.63, 3.8) is 0 Å². The van der Waals surface area contributed by atoms with E-state index in [0.717, 1.165) is 4.90 Å². The van der Waals surface area contributed by atoms with Crippen LogP contribution in [-0.4, -0.2) is 22.4 Å². The Morgan fingerprint density at radius 1 is 0.857 bits per heavy atom. The number of fused-ring (bicyclic) bond motifs is 6. The van der Waals surface area contributed by atoms with Gasteiger partial charge in [-0.2, -0.15) is 26.3 Å². The number of phenols is 1. The van der Waals surface area contributed by atoms with Gasteiger partial charge in [0.05, 0.1) is 4.90 Å². The quantitative estimate of drug-likeness (QED) is 0.355. The smallest absolute Gasteiger partial charge is 0.389 e. The highest BCUT2D eigenvalue weighted by Gasteiger charge is 2.48. The fourth-order valence-electron chi connectivity index (χ4n) is 5.43. The van der Waals surface area contributed by atoms with Crippen molar-refractivity contribution in [3.05, 3.63) is 53.6 Å². The van der Waals surface area contributed by atoms with Crippen molar-refractivity contribution in [2.24, 2.45) is 0 Å². The molecule has 2 nitrogen and oxygen atoms in total. The molecule has 0 radical (unpaired) electrons. The van der Waals surface area contributed by atoms with Gasteiger partial charge < -0.3 is 9.84 Å². The maximum atomic E-state index is 13.4. The van der Waals surface area contributed by atoms with Crippen LogP contribution in [0.25, 0.3) is 21.9 Å². The number of hydrogen-bond donors (Lipinski definition) is 1. The molecule has 1 aliphatic carbocycles. The summed E-state index contributed by atoms with van der Waals surface area (Å²) in [7, 11) is 0. The van der Waals surface area contributed by atoms with Crippen LogP contribution in [-0.2, 0) is 5.41 Å². The highest BCUT2D eigenvalue weighted by Crippen LogP contribution is 2.59. The molecule has 9 heteroatoms. The predicted molar refractivity (Wildman–Crippen MR) is 123 cm³/mol. The largest absolute Gasteiger partial charge is 0.507 e. The second-order valence-electron chi connectivity index (χ2n) is 9.62. The van der Waals surface area contributed by atoms with Crippen molar-refractivity contribution in [2.75, 3.05) is 0 Å². The van der Waals surface area contributed by atoms with Crippen molar-refractivity contribution in [1.29, 1.82) is 0 Å². The van der Waals surface area contributed by atoms with E-state index in [1.165, 1.54) is 17.8 Å². The third-order valence-electron chi connectivity index (χ3n) is 6.79. The summed E-state index contributed by atoms with van der Waals surface area (Å²) < 4.78 is 86.2. The first-order chi connectivity index (χ1) is 16.2. The topological polar surface area (TPSA) is 29.5 Å². The fourth-order valence-corrected chi connectivity index (χ4v) is 6.46. The Kier molecular flexibility index (Phi) is 5.33. The second-order valence-corrected chi connectivity index (χ2v) is 11.3. The Hall–Kier alpha value is -2.55. The van der Waals surface area contributed by atoms with Gasteiger partial charge in [0.2, 0.25) is 0 Å². The normalized spacial score (nSPS) is 17.7. The molecule has 0 saturated heterocycles. The molecular formula is C26H22F6O2S. The summed E-state index contributed by atoms with van der Waals surface area (Å²) in [5.74, 6) is 0.380. The van der Waals surface area contributed by atoms with Crippen molar-refractivity contribution in [3.8, 4) is 22.6 Å². The molecule has 5 rings (SSSR count). The van der Waals surface area contributed by atoms with E-state index < -0.39 is 48.4 Å². The molecule has 0 aromatic heterocycles. The molecule has 1 heterocycles. The number of hydrogen-bond acceptors (Lipinski definition) is 3. The number of halogens is 6. The summed E-state index contributed by atoms with van der Waals surface area (Å²) in [6, 6.07) is 11.6. The maximum Gasteiger partial charge on any atom is 0.389 e. The molecule has 0 spiro atoms. The minimum Gasteiger partial charge on any atom is -0.507 e. The molecule has 0 amide bonds. The van der Waals surface area contributed by atoms with Crippen LogP contribution < -0.4 is 4.74 Å². The van der Waals surface area contributed by atoms with Crippen molar-refractivity contribution >= 4 is 22.5 Å². The first-order valence-corrected chi connectivity index (χ1v) is 12.0. The van der Waals surface area contributed by atoms with Crippen LogP contribution in [0.2, 0.25) is 0 Å². The van der Waals surface area contributed by atoms with Gasteiger partial charge in [-0.15, -0.1) is 0 Å². The number of phenolic OH excluding ortho intramolecular Hbond substituents is 1. The van der Waals surface area contributed by atoms with Gasteiger partial charge in [0.25, 0.3) is 0 Å². The van der Waals surface area contributed by atoms with Crippen LogP contribution in [0, 0.1) is 0 Å². The molecule has 0 unspecified atom stereocenters. The second kappa shape index (κ2) is 7.72. The molecule has 0 bridgehead atoms. The van der Waals surface area contributed by atoms with Crippen LogP contribution in [0.5, 0.6) is 11.5 Å². The summed E-state index contributed by atoms with van der Waals surface area (Å²) >= 11 is 1.47. The monoisotopic (exact) mass is 512 g/mol. The first kappa shape index (κ1) is 24.2. The van der Waals surface area contributed by atoms with Crippen LogP contribution in [0.1, 0.15) is 50.7 Å². The van der Waals surface area contributed by atoms with Gasteiger partial charge >= 0.3 is 12.4 Å². The lowest BCUT2D eigenvalue weighted by molar-refractivity contribution is -0.143. The summed E-state index contributed by atoms with van der Waals surface area (Å²) in [5, 5.41) is 12.0. The zero-order valence-electron chi connectivity index (χ0n) is 18.9. The van der Waals surface area contributed by atoms with E-state index in [1.54, 1.807) is 30.3 Å². The zero-order chi connectivity index (χ0) is 25.4. The number of alkyl halides is 6. The lowest BCUT2D eigenvalue weighted by Gasteiger charge is -2.33. The molecule has 3 aromatic rings. The Bertz CT molecular complexity index is 1310. The minimum atomic E-state index is -4.54.